The first kappa shape index (κ1) is 24.9. The molecule has 0 fully saturated rings. The molecule has 0 radical (unpaired) electrons. The third-order valence-electron chi connectivity index (χ3n) is 4.99. The maximum Gasteiger partial charge on any atom is 0.271 e. The minimum Gasteiger partial charge on any atom is -0.497 e. The number of carbonyl (C=O) groups excluding carboxylic acids is 1. The van der Waals surface area contributed by atoms with Crippen molar-refractivity contribution < 1.29 is 27.6 Å². The zero-order valence-electron chi connectivity index (χ0n) is 18.8. The van der Waals surface area contributed by atoms with Crippen LogP contribution in [0.1, 0.15) is 31.0 Å². The molecule has 2 aromatic rings. The maximum atomic E-state index is 13.0. The van der Waals surface area contributed by atoms with Gasteiger partial charge in [0.15, 0.2) is 0 Å². The number of anilines is 1. The highest BCUT2D eigenvalue weighted by molar-refractivity contribution is 7.92. The fraction of sp³-hybridized carbons (Fsp3) is 0.381. The van der Waals surface area contributed by atoms with E-state index in [2.05, 4.69) is 5.32 Å². The topological polar surface area (TPSA) is 128 Å². The van der Waals surface area contributed by atoms with E-state index in [1.54, 1.807) is 32.0 Å². The summed E-state index contributed by atoms with van der Waals surface area (Å²) in [5.41, 5.74) is 0.908. The lowest BCUT2D eigenvalue weighted by molar-refractivity contribution is -0.384. The molecular formula is C21H27N3O7S. The molecule has 0 aliphatic rings. The summed E-state index contributed by atoms with van der Waals surface area (Å²) in [7, 11) is -0.931. The number of carbonyl (C=O) groups is 1. The van der Waals surface area contributed by atoms with Gasteiger partial charge in [-0.1, -0.05) is 6.07 Å². The Labute approximate surface area is 187 Å². The van der Waals surface area contributed by atoms with Gasteiger partial charge in [-0.05, 0) is 44.5 Å². The summed E-state index contributed by atoms with van der Waals surface area (Å²) < 4.78 is 36.7. The second-order valence-electron chi connectivity index (χ2n) is 7.30. The highest BCUT2D eigenvalue weighted by Gasteiger charge is 2.32. The highest BCUT2D eigenvalue weighted by atomic mass is 32.2. The molecular weight excluding hydrogens is 438 g/mol. The number of hydrogen-bond donors (Lipinski definition) is 1. The van der Waals surface area contributed by atoms with E-state index in [9.17, 15) is 23.3 Å². The molecule has 2 atom stereocenters. The van der Waals surface area contributed by atoms with Crippen molar-refractivity contribution in [2.24, 2.45) is 0 Å². The molecule has 0 aliphatic heterocycles. The monoisotopic (exact) mass is 465 g/mol. The van der Waals surface area contributed by atoms with Gasteiger partial charge in [-0.25, -0.2) is 8.42 Å². The summed E-state index contributed by atoms with van der Waals surface area (Å²) in [5.74, 6) is 0.513. The summed E-state index contributed by atoms with van der Waals surface area (Å²) in [6.07, 6.45) is 0.948. The van der Waals surface area contributed by atoms with E-state index in [-0.39, 0.29) is 11.4 Å². The Bertz CT molecular complexity index is 1120. The van der Waals surface area contributed by atoms with E-state index >= 15 is 0 Å². The Balaban J connectivity index is 2.40. The SMILES string of the molecule is COc1ccc(OC)c([C@H](C)NC(=O)[C@H](C)N(c2cc([N+](=O)[O-])ccc2C)S(C)(=O)=O)c1. The standard InChI is InChI=1S/C21H27N3O7S/c1-13-7-8-16(24(26)27)11-19(13)23(32(6,28)29)15(3)21(25)22-14(2)18-12-17(30-4)9-10-20(18)31-5/h7-12,14-15H,1-6H3,(H,22,25)/t14-,15-/m0/s1. The maximum absolute atomic E-state index is 13.0. The fourth-order valence-corrected chi connectivity index (χ4v) is 4.54. The molecule has 2 aromatic carbocycles. The van der Waals surface area contributed by atoms with E-state index in [1.165, 1.54) is 33.3 Å². The Hall–Kier alpha value is -3.34. The van der Waals surface area contributed by atoms with Crippen molar-refractivity contribution in [2.45, 2.75) is 32.9 Å². The zero-order valence-corrected chi connectivity index (χ0v) is 19.6. The molecule has 0 aromatic heterocycles. The number of nitro benzene ring substituents is 1. The molecule has 0 unspecified atom stereocenters. The Morgan fingerprint density at radius 3 is 2.31 bits per heavy atom. The van der Waals surface area contributed by atoms with Crippen molar-refractivity contribution in [1.29, 1.82) is 0 Å². The lowest BCUT2D eigenvalue weighted by Gasteiger charge is -2.30. The minimum absolute atomic E-state index is 0.0657. The first-order valence-corrected chi connectivity index (χ1v) is 11.5. The van der Waals surface area contributed by atoms with Gasteiger partial charge in [-0.2, -0.15) is 0 Å². The number of aryl methyl sites for hydroxylation is 1. The van der Waals surface area contributed by atoms with Gasteiger partial charge in [-0.3, -0.25) is 19.2 Å². The van der Waals surface area contributed by atoms with Crippen LogP contribution in [0.3, 0.4) is 0 Å². The largest absolute Gasteiger partial charge is 0.497 e. The van der Waals surface area contributed by atoms with Crippen LogP contribution in [0.15, 0.2) is 36.4 Å². The Morgan fingerprint density at radius 2 is 1.78 bits per heavy atom. The molecule has 0 aliphatic carbocycles. The van der Waals surface area contributed by atoms with E-state index in [0.29, 0.717) is 22.6 Å². The molecule has 32 heavy (non-hydrogen) atoms. The van der Waals surface area contributed by atoms with Crippen molar-refractivity contribution in [2.75, 3.05) is 24.8 Å². The second-order valence-corrected chi connectivity index (χ2v) is 9.16. The molecule has 174 valence electrons. The number of sulfonamides is 1. The number of methoxy groups -OCH3 is 2. The van der Waals surface area contributed by atoms with Crippen LogP contribution in [0.4, 0.5) is 11.4 Å². The van der Waals surface area contributed by atoms with Crippen molar-refractivity contribution in [1.82, 2.24) is 5.32 Å². The van der Waals surface area contributed by atoms with Crippen LogP contribution in [-0.2, 0) is 14.8 Å². The summed E-state index contributed by atoms with van der Waals surface area (Å²) in [4.78, 5) is 23.6. The summed E-state index contributed by atoms with van der Waals surface area (Å²) in [6, 6.07) is 7.29. The molecule has 2 rings (SSSR count). The van der Waals surface area contributed by atoms with Gasteiger partial charge in [-0.15, -0.1) is 0 Å². The predicted octanol–water partition coefficient (Wildman–Crippen LogP) is 2.95. The third kappa shape index (κ3) is 5.47. The number of ether oxygens (including phenoxy) is 2. The van der Waals surface area contributed by atoms with Crippen LogP contribution < -0.4 is 19.1 Å². The molecule has 1 amide bonds. The molecule has 10 nitrogen and oxygen atoms in total. The average molecular weight is 466 g/mol. The van der Waals surface area contributed by atoms with Crippen LogP contribution in [0.2, 0.25) is 0 Å². The number of nitro groups is 1. The summed E-state index contributed by atoms with van der Waals surface area (Å²) in [5, 5.41) is 14.0. The number of nitrogens with one attached hydrogen (secondary N) is 1. The van der Waals surface area contributed by atoms with E-state index in [0.717, 1.165) is 16.6 Å². The van der Waals surface area contributed by atoms with Crippen LogP contribution in [0.25, 0.3) is 0 Å². The molecule has 11 heteroatoms. The van der Waals surface area contributed by atoms with Gasteiger partial charge in [0.05, 0.1) is 37.1 Å². The quantitative estimate of drug-likeness (QED) is 0.445. The van der Waals surface area contributed by atoms with Crippen molar-refractivity contribution >= 4 is 27.3 Å². The van der Waals surface area contributed by atoms with Gasteiger partial charge in [0.25, 0.3) is 5.69 Å². The van der Waals surface area contributed by atoms with E-state index in [1.807, 2.05) is 0 Å². The number of benzene rings is 2. The fourth-order valence-electron chi connectivity index (χ4n) is 3.32. The molecule has 0 heterocycles. The van der Waals surface area contributed by atoms with Crippen LogP contribution in [0, 0.1) is 17.0 Å². The van der Waals surface area contributed by atoms with E-state index < -0.39 is 32.9 Å². The Morgan fingerprint density at radius 1 is 1.12 bits per heavy atom. The summed E-state index contributed by atoms with van der Waals surface area (Å²) in [6.45, 7) is 4.76. The normalized spacial score (nSPS) is 13.1. The molecule has 1 N–H and O–H groups in total. The number of amides is 1. The molecule has 0 saturated heterocycles. The minimum atomic E-state index is -3.95. The zero-order chi connectivity index (χ0) is 24.2. The third-order valence-corrected chi connectivity index (χ3v) is 6.22. The number of hydrogen-bond acceptors (Lipinski definition) is 7. The van der Waals surface area contributed by atoms with Gasteiger partial charge < -0.3 is 14.8 Å². The van der Waals surface area contributed by atoms with Crippen molar-refractivity contribution in [3.63, 3.8) is 0 Å². The van der Waals surface area contributed by atoms with Crippen LogP contribution in [0.5, 0.6) is 11.5 Å². The smallest absolute Gasteiger partial charge is 0.271 e. The number of non-ortho nitro benzene ring substituents is 1. The van der Waals surface area contributed by atoms with Gasteiger partial charge in [0.2, 0.25) is 15.9 Å². The van der Waals surface area contributed by atoms with Gasteiger partial charge >= 0.3 is 0 Å². The highest BCUT2D eigenvalue weighted by Crippen LogP contribution is 2.31. The molecule has 0 bridgehead atoms. The molecule has 0 saturated carbocycles. The van der Waals surface area contributed by atoms with Gasteiger partial charge in [0, 0.05) is 17.7 Å². The van der Waals surface area contributed by atoms with Crippen LogP contribution >= 0.6 is 0 Å². The van der Waals surface area contributed by atoms with E-state index in [4.69, 9.17) is 9.47 Å². The second kappa shape index (κ2) is 9.86. The first-order chi connectivity index (χ1) is 14.9. The first-order valence-electron chi connectivity index (χ1n) is 9.67. The van der Waals surface area contributed by atoms with Gasteiger partial charge in [0.1, 0.15) is 17.5 Å². The Kier molecular flexibility index (Phi) is 7.68. The average Bonchev–Trinajstić information content (AvgIpc) is 2.73. The van der Waals surface area contributed by atoms with Crippen molar-refractivity contribution in [3.05, 3.63) is 57.6 Å². The summed E-state index contributed by atoms with van der Waals surface area (Å²) >= 11 is 0. The van der Waals surface area contributed by atoms with Crippen molar-refractivity contribution in [3.8, 4) is 11.5 Å². The number of rotatable bonds is 9. The lowest BCUT2D eigenvalue weighted by atomic mass is 10.1. The van der Waals surface area contributed by atoms with Crippen LogP contribution in [-0.4, -0.2) is 45.8 Å². The predicted molar refractivity (Wildman–Crippen MR) is 121 cm³/mol. The molecule has 0 spiro atoms. The lowest BCUT2D eigenvalue weighted by Crippen LogP contribution is -2.48. The number of nitrogens with zero attached hydrogens (tertiary/aromatic N) is 2.